The van der Waals surface area contributed by atoms with Crippen LogP contribution in [0.3, 0.4) is 0 Å². The van der Waals surface area contributed by atoms with E-state index in [1.54, 1.807) is 0 Å². The number of hydrogen-bond acceptors (Lipinski definition) is 3. The van der Waals surface area contributed by atoms with Gasteiger partial charge in [0.1, 0.15) is 11.3 Å². The molecule has 1 N–H and O–H groups in total. The number of amides is 1. The van der Waals surface area contributed by atoms with E-state index in [9.17, 15) is 23.5 Å². The second-order valence-electron chi connectivity index (χ2n) is 5.85. The minimum Gasteiger partial charge on any atom is -0.496 e. The molecule has 1 atom stereocenters. The van der Waals surface area contributed by atoms with Crippen LogP contribution in [0.1, 0.15) is 29.6 Å². The van der Waals surface area contributed by atoms with Crippen molar-refractivity contribution in [2.75, 3.05) is 20.2 Å². The largest absolute Gasteiger partial charge is 0.496 e. The molecule has 1 saturated heterocycles. The molecule has 7 heteroatoms. The van der Waals surface area contributed by atoms with Crippen LogP contribution in [0.2, 0.25) is 0 Å². The summed E-state index contributed by atoms with van der Waals surface area (Å²) in [6.45, 7) is 3.74. The van der Waals surface area contributed by atoms with Crippen molar-refractivity contribution in [2.45, 2.75) is 19.3 Å². The number of methoxy groups -OCH3 is 1. The quantitative estimate of drug-likeness (QED) is 0.838. The van der Waals surface area contributed by atoms with E-state index < -0.39 is 34.5 Å². The Morgan fingerprint density at radius 2 is 2.17 bits per heavy atom. The van der Waals surface area contributed by atoms with E-state index in [0.717, 1.165) is 6.07 Å². The van der Waals surface area contributed by atoms with Gasteiger partial charge in [0.05, 0.1) is 12.5 Å². The summed E-state index contributed by atoms with van der Waals surface area (Å²) in [7, 11) is 1.25. The molecule has 1 aliphatic heterocycles. The highest BCUT2D eigenvalue weighted by molar-refractivity contribution is 5.97. The molecule has 130 valence electrons. The number of carboxylic acids is 1. The normalized spacial score (nSPS) is 20.5. The molecule has 1 aromatic carbocycles. The van der Waals surface area contributed by atoms with E-state index in [2.05, 4.69) is 6.58 Å². The van der Waals surface area contributed by atoms with Gasteiger partial charge in [-0.05, 0) is 31.4 Å². The van der Waals surface area contributed by atoms with Crippen LogP contribution in [0.15, 0.2) is 24.8 Å². The molecular formula is C17H19F2NO4. The summed E-state index contributed by atoms with van der Waals surface area (Å²) in [5, 5.41) is 9.54. The first-order valence-electron chi connectivity index (χ1n) is 7.52. The van der Waals surface area contributed by atoms with Crippen LogP contribution < -0.4 is 4.74 Å². The smallest absolute Gasteiger partial charge is 0.311 e. The summed E-state index contributed by atoms with van der Waals surface area (Å²) in [6.07, 6.45) is 2.52. The lowest BCUT2D eigenvalue weighted by Crippen LogP contribution is -2.50. The Morgan fingerprint density at radius 1 is 1.46 bits per heavy atom. The average Bonchev–Trinajstić information content (AvgIpc) is 2.57. The van der Waals surface area contributed by atoms with E-state index >= 15 is 0 Å². The Bertz CT molecular complexity index is 677. The third-order valence-electron chi connectivity index (χ3n) is 4.34. The third-order valence-corrected chi connectivity index (χ3v) is 4.34. The molecule has 0 bridgehead atoms. The zero-order chi connectivity index (χ0) is 17.9. The summed E-state index contributed by atoms with van der Waals surface area (Å²) in [6, 6.07) is 2.05. The zero-order valence-electron chi connectivity index (χ0n) is 13.3. The number of allylic oxidation sites excluding steroid dienone is 1. The number of carboxylic acid groups (broad SMARTS) is 1. The number of halogens is 2. The number of aliphatic carboxylic acids is 1. The maximum absolute atomic E-state index is 14.1. The highest BCUT2D eigenvalue weighted by Crippen LogP contribution is 2.36. The molecule has 0 spiro atoms. The molecule has 0 aliphatic carbocycles. The molecular weight excluding hydrogens is 320 g/mol. The summed E-state index contributed by atoms with van der Waals surface area (Å²) in [5.74, 6) is -4.36. The molecule has 1 amide bonds. The first kappa shape index (κ1) is 17.9. The fourth-order valence-corrected chi connectivity index (χ4v) is 3.07. The Balaban J connectivity index is 2.38. The van der Waals surface area contributed by atoms with Crippen LogP contribution in [0.5, 0.6) is 5.75 Å². The number of ether oxygens (including phenoxy) is 1. The van der Waals surface area contributed by atoms with Crippen molar-refractivity contribution in [2.24, 2.45) is 5.41 Å². The van der Waals surface area contributed by atoms with E-state index in [1.807, 2.05) is 0 Å². The highest BCUT2D eigenvalue weighted by atomic mass is 19.2. The number of benzene rings is 1. The minimum atomic E-state index is -1.30. The highest BCUT2D eigenvalue weighted by Gasteiger charge is 2.43. The van der Waals surface area contributed by atoms with Crippen LogP contribution in [0.25, 0.3) is 0 Å². The van der Waals surface area contributed by atoms with E-state index in [0.29, 0.717) is 12.8 Å². The summed E-state index contributed by atoms with van der Waals surface area (Å²) in [4.78, 5) is 25.6. The summed E-state index contributed by atoms with van der Waals surface area (Å²) < 4.78 is 32.6. The van der Waals surface area contributed by atoms with Gasteiger partial charge >= 0.3 is 5.97 Å². The Morgan fingerprint density at radius 3 is 2.75 bits per heavy atom. The maximum atomic E-state index is 14.1. The Kier molecular flexibility index (Phi) is 5.21. The van der Waals surface area contributed by atoms with Crippen LogP contribution >= 0.6 is 0 Å². The molecule has 1 fully saturated rings. The number of hydrogen-bond donors (Lipinski definition) is 1. The van der Waals surface area contributed by atoms with Gasteiger partial charge in [-0.2, -0.15) is 0 Å². The number of nitrogens with zero attached hydrogens (tertiary/aromatic N) is 1. The molecule has 5 nitrogen and oxygen atoms in total. The zero-order valence-corrected chi connectivity index (χ0v) is 13.3. The van der Waals surface area contributed by atoms with Gasteiger partial charge in [-0.25, -0.2) is 8.78 Å². The number of carbonyl (C=O) groups is 2. The SMILES string of the molecule is C=CC[C@@]1(C(=O)O)CCCN(C(=O)c2c(OC)ccc(F)c2F)C1. The number of likely N-dealkylation sites (tertiary alicyclic amines) is 1. The first-order chi connectivity index (χ1) is 11.4. The monoisotopic (exact) mass is 339 g/mol. The van der Waals surface area contributed by atoms with Crippen molar-refractivity contribution in [1.29, 1.82) is 0 Å². The lowest BCUT2D eigenvalue weighted by molar-refractivity contribution is -0.151. The molecule has 2 rings (SSSR count). The van der Waals surface area contributed by atoms with Crippen LogP contribution in [0.4, 0.5) is 8.78 Å². The minimum absolute atomic E-state index is 0.0888. The van der Waals surface area contributed by atoms with Gasteiger partial charge in [-0.3, -0.25) is 9.59 Å². The van der Waals surface area contributed by atoms with Crippen molar-refractivity contribution in [3.63, 3.8) is 0 Å². The predicted octanol–water partition coefficient (Wildman–Crippen LogP) is 2.86. The van der Waals surface area contributed by atoms with Crippen LogP contribution in [-0.4, -0.2) is 42.1 Å². The van der Waals surface area contributed by atoms with E-state index in [-0.39, 0.29) is 25.3 Å². The van der Waals surface area contributed by atoms with Crippen molar-refractivity contribution in [3.05, 3.63) is 42.0 Å². The summed E-state index contributed by atoms with van der Waals surface area (Å²) >= 11 is 0. The Hall–Kier alpha value is -2.44. The predicted molar refractivity (Wildman–Crippen MR) is 82.9 cm³/mol. The van der Waals surface area contributed by atoms with E-state index in [1.165, 1.54) is 24.2 Å². The first-order valence-corrected chi connectivity index (χ1v) is 7.52. The number of carbonyl (C=O) groups excluding carboxylic acids is 1. The fourth-order valence-electron chi connectivity index (χ4n) is 3.07. The molecule has 24 heavy (non-hydrogen) atoms. The molecule has 0 unspecified atom stereocenters. The topological polar surface area (TPSA) is 66.8 Å². The van der Waals surface area contributed by atoms with Crippen molar-refractivity contribution in [1.82, 2.24) is 4.90 Å². The average molecular weight is 339 g/mol. The van der Waals surface area contributed by atoms with Crippen molar-refractivity contribution in [3.8, 4) is 5.75 Å². The summed E-state index contributed by atoms with van der Waals surface area (Å²) in [5.41, 5.74) is -1.68. The van der Waals surface area contributed by atoms with Crippen LogP contribution in [0, 0.1) is 17.0 Å². The van der Waals surface area contributed by atoms with Gasteiger partial charge in [0.2, 0.25) is 0 Å². The molecule has 0 saturated carbocycles. The third kappa shape index (κ3) is 3.11. The number of piperidine rings is 1. The fraction of sp³-hybridized carbons (Fsp3) is 0.412. The lowest BCUT2D eigenvalue weighted by atomic mass is 9.77. The van der Waals surface area contributed by atoms with Gasteiger partial charge in [-0.15, -0.1) is 6.58 Å². The lowest BCUT2D eigenvalue weighted by Gasteiger charge is -2.39. The molecule has 0 aromatic heterocycles. The van der Waals surface area contributed by atoms with E-state index in [4.69, 9.17) is 4.74 Å². The maximum Gasteiger partial charge on any atom is 0.311 e. The van der Waals surface area contributed by atoms with Gasteiger partial charge in [0.15, 0.2) is 11.6 Å². The standard InChI is InChI=1S/C17H19F2NO4/c1-3-7-17(16(22)23)8-4-9-20(10-17)15(21)13-12(24-2)6-5-11(18)14(13)19/h3,5-6H,1,4,7-10H2,2H3,(H,22,23)/t17-/m1/s1. The molecule has 1 heterocycles. The van der Waals surface area contributed by atoms with Gasteiger partial charge in [0, 0.05) is 13.1 Å². The van der Waals surface area contributed by atoms with Crippen molar-refractivity contribution < 1.29 is 28.2 Å². The second-order valence-corrected chi connectivity index (χ2v) is 5.85. The van der Waals surface area contributed by atoms with Gasteiger partial charge in [0.25, 0.3) is 5.91 Å². The Labute approximate surface area is 138 Å². The molecule has 0 radical (unpaired) electrons. The second kappa shape index (κ2) is 6.98. The van der Waals surface area contributed by atoms with Crippen LogP contribution in [-0.2, 0) is 4.79 Å². The molecule has 1 aliphatic rings. The molecule has 1 aromatic rings. The van der Waals surface area contributed by atoms with Gasteiger partial charge < -0.3 is 14.7 Å². The van der Waals surface area contributed by atoms with Gasteiger partial charge in [-0.1, -0.05) is 6.08 Å². The number of rotatable bonds is 5. The van der Waals surface area contributed by atoms with Crippen molar-refractivity contribution >= 4 is 11.9 Å².